The van der Waals surface area contributed by atoms with E-state index < -0.39 is 0 Å². The standard InChI is InChI=1S/C27H26BrNOS/c28-22-11-7-20(8-12-22)19-25-24-5-1-2-6-26(24)31-27(25)21-9-13-23(14-10-21)30-18-17-29-15-3-4-16-29/h1-2,5-14H,3-4,15-19H2. The van der Waals surface area contributed by atoms with Crippen LogP contribution in [0.2, 0.25) is 0 Å². The minimum atomic E-state index is 0.761. The maximum atomic E-state index is 6.01. The van der Waals surface area contributed by atoms with Gasteiger partial charge in [0.25, 0.3) is 0 Å². The molecule has 31 heavy (non-hydrogen) atoms. The minimum absolute atomic E-state index is 0.761. The normalized spacial score (nSPS) is 14.4. The second-order valence-electron chi connectivity index (χ2n) is 8.13. The molecule has 1 saturated heterocycles. The predicted octanol–water partition coefficient (Wildman–Crippen LogP) is 7.40. The van der Waals surface area contributed by atoms with Gasteiger partial charge in [-0.1, -0.05) is 46.3 Å². The Labute approximate surface area is 196 Å². The smallest absolute Gasteiger partial charge is 0.119 e. The fourth-order valence-electron chi connectivity index (χ4n) is 4.32. The first kappa shape index (κ1) is 20.7. The van der Waals surface area contributed by atoms with Gasteiger partial charge in [-0.05, 0) is 96.9 Å². The Bertz CT molecular complexity index is 1140. The van der Waals surface area contributed by atoms with E-state index in [1.165, 1.54) is 57.6 Å². The minimum Gasteiger partial charge on any atom is -0.492 e. The van der Waals surface area contributed by atoms with Crippen LogP contribution in [-0.4, -0.2) is 31.1 Å². The Balaban J connectivity index is 1.38. The van der Waals surface area contributed by atoms with Crippen molar-refractivity contribution in [3.63, 3.8) is 0 Å². The molecule has 4 heteroatoms. The molecular formula is C27H26BrNOS. The van der Waals surface area contributed by atoms with Crippen LogP contribution in [0.1, 0.15) is 24.0 Å². The number of rotatable bonds is 7. The van der Waals surface area contributed by atoms with Gasteiger partial charge < -0.3 is 4.74 Å². The van der Waals surface area contributed by atoms with Crippen LogP contribution in [0, 0.1) is 0 Å². The monoisotopic (exact) mass is 491 g/mol. The van der Waals surface area contributed by atoms with Gasteiger partial charge in [-0.3, -0.25) is 4.90 Å². The van der Waals surface area contributed by atoms with Crippen LogP contribution in [0.4, 0.5) is 0 Å². The Morgan fingerprint density at radius 3 is 2.39 bits per heavy atom. The first-order valence-electron chi connectivity index (χ1n) is 11.0. The Morgan fingerprint density at radius 1 is 0.871 bits per heavy atom. The summed E-state index contributed by atoms with van der Waals surface area (Å²) in [6, 6.07) is 26.1. The zero-order valence-electron chi connectivity index (χ0n) is 17.5. The van der Waals surface area contributed by atoms with E-state index in [1.54, 1.807) is 0 Å². The molecule has 0 unspecified atom stereocenters. The summed E-state index contributed by atoms with van der Waals surface area (Å²) in [6.45, 7) is 4.22. The van der Waals surface area contributed by atoms with Crippen molar-refractivity contribution in [1.82, 2.24) is 4.90 Å². The van der Waals surface area contributed by atoms with Crippen LogP contribution in [0.3, 0.4) is 0 Å². The quantitative estimate of drug-likeness (QED) is 0.267. The molecule has 0 spiro atoms. The van der Waals surface area contributed by atoms with Crippen LogP contribution in [0.5, 0.6) is 5.75 Å². The van der Waals surface area contributed by atoms with Gasteiger partial charge in [-0.25, -0.2) is 0 Å². The van der Waals surface area contributed by atoms with E-state index in [0.717, 1.165) is 29.8 Å². The molecule has 0 saturated carbocycles. The number of benzene rings is 3. The molecule has 5 rings (SSSR count). The highest BCUT2D eigenvalue weighted by Gasteiger charge is 2.15. The number of fused-ring (bicyclic) bond motifs is 1. The molecule has 0 atom stereocenters. The van der Waals surface area contributed by atoms with E-state index in [0.29, 0.717) is 0 Å². The van der Waals surface area contributed by atoms with Crippen LogP contribution >= 0.6 is 27.3 Å². The molecular weight excluding hydrogens is 466 g/mol. The lowest BCUT2D eigenvalue weighted by Gasteiger charge is -2.15. The fraction of sp³-hybridized carbons (Fsp3) is 0.259. The zero-order valence-corrected chi connectivity index (χ0v) is 19.9. The molecule has 1 aromatic heterocycles. The first-order valence-corrected chi connectivity index (χ1v) is 12.6. The first-order chi connectivity index (χ1) is 15.3. The van der Waals surface area contributed by atoms with Crippen molar-refractivity contribution in [2.24, 2.45) is 0 Å². The van der Waals surface area contributed by atoms with Crippen LogP contribution in [0.15, 0.2) is 77.3 Å². The molecule has 0 N–H and O–H groups in total. The summed E-state index contributed by atoms with van der Waals surface area (Å²) in [6.07, 6.45) is 3.58. The summed E-state index contributed by atoms with van der Waals surface area (Å²) in [5, 5.41) is 1.36. The average Bonchev–Trinajstić information content (AvgIpc) is 3.44. The zero-order chi connectivity index (χ0) is 21.0. The molecule has 0 radical (unpaired) electrons. The Morgan fingerprint density at radius 2 is 1.61 bits per heavy atom. The van der Waals surface area contributed by atoms with Crippen molar-refractivity contribution in [1.29, 1.82) is 0 Å². The van der Waals surface area contributed by atoms with E-state index in [-0.39, 0.29) is 0 Å². The van der Waals surface area contributed by atoms with E-state index in [4.69, 9.17) is 4.74 Å². The van der Waals surface area contributed by atoms with Crippen molar-refractivity contribution in [2.75, 3.05) is 26.2 Å². The Kier molecular flexibility index (Phi) is 6.40. The maximum absolute atomic E-state index is 6.01. The molecule has 3 aromatic carbocycles. The third kappa shape index (κ3) is 4.87. The number of hydrogen-bond acceptors (Lipinski definition) is 3. The number of halogens is 1. The number of likely N-dealkylation sites (tertiary alicyclic amines) is 1. The van der Waals surface area contributed by atoms with E-state index in [2.05, 4.69) is 93.6 Å². The third-order valence-electron chi connectivity index (χ3n) is 5.98. The summed E-state index contributed by atoms with van der Waals surface area (Å²) < 4.78 is 8.47. The molecule has 0 bridgehead atoms. The molecule has 1 aliphatic heterocycles. The summed E-state index contributed by atoms with van der Waals surface area (Å²) in [5.41, 5.74) is 4.00. The molecule has 1 fully saturated rings. The van der Waals surface area contributed by atoms with Crippen molar-refractivity contribution in [2.45, 2.75) is 19.3 Å². The lowest BCUT2D eigenvalue weighted by atomic mass is 9.99. The lowest BCUT2D eigenvalue weighted by Crippen LogP contribution is -2.25. The largest absolute Gasteiger partial charge is 0.492 e. The van der Waals surface area contributed by atoms with Crippen LogP contribution in [-0.2, 0) is 6.42 Å². The van der Waals surface area contributed by atoms with Gasteiger partial charge in [0, 0.05) is 20.6 Å². The average molecular weight is 492 g/mol. The predicted molar refractivity (Wildman–Crippen MR) is 135 cm³/mol. The summed E-state index contributed by atoms with van der Waals surface area (Å²) in [5.74, 6) is 0.957. The Hall–Kier alpha value is -2.14. The molecule has 158 valence electrons. The van der Waals surface area contributed by atoms with Crippen LogP contribution in [0.25, 0.3) is 20.5 Å². The van der Waals surface area contributed by atoms with Gasteiger partial charge in [-0.2, -0.15) is 0 Å². The number of ether oxygens (including phenoxy) is 1. The maximum Gasteiger partial charge on any atom is 0.119 e. The summed E-state index contributed by atoms with van der Waals surface area (Å²) in [7, 11) is 0. The van der Waals surface area contributed by atoms with Crippen molar-refractivity contribution in [3.05, 3.63) is 88.4 Å². The van der Waals surface area contributed by atoms with Crippen molar-refractivity contribution < 1.29 is 4.74 Å². The molecule has 0 amide bonds. The summed E-state index contributed by atoms with van der Waals surface area (Å²) >= 11 is 5.43. The van der Waals surface area contributed by atoms with Crippen molar-refractivity contribution >= 4 is 37.4 Å². The van der Waals surface area contributed by atoms with Gasteiger partial charge in [0.05, 0.1) is 0 Å². The highest BCUT2D eigenvalue weighted by Crippen LogP contribution is 2.40. The molecule has 0 aliphatic carbocycles. The van der Waals surface area contributed by atoms with E-state index in [9.17, 15) is 0 Å². The van der Waals surface area contributed by atoms with Crippen LogP contribution < -0.4 is 4.74 Å². The molecule has 4 aromatic rings. The number of hydrogen-bond donors (Lipinski definition) is 0. The van der Waals surface area contributed by atoms with Crippen molar-refractivity contribution in [3.8, 4) is 16.2 Å². The third-order valence-corrected chi connectivity index (χ3v) is 7.77. The van der Waals surface area contributed by atoms with Gasteiger partial charge >= 0.3 is 0 Å². The van der Waals surface area contributed by atoms with E-state index >= 15 is 0 Å². The molecule has 2 heterocycles. The lowest BCUT2D eigenvalue weighted by molar-refractivity contribution is 0.238. The van der Waals surface area contributed by atoms with E-state index in [1.807, 2.05) is 11.3 Å². The van der Waals surface area contributed by atoms with Gasteiger partial charge in [0.1, 0.15) is 12.4 Å². The SMILES string of the molecule is Brc1ccc(Cc2c(-c3ccc(OCCN4CCCC4)cc3)sc3ccccc23)cc1. The highest BCUT2D eigenvalue weighted by atomic mass is 79.9. The topological polar surface area (TPSA) is 12.5 Å². The van der Waals surface area contributed by atoms with Gasteiger partial charge in [0.2, 0.25) is 0 Å². The second kappa shape index (κ2) is 9.56. The molecule has 1 aliphatic rings. The second-order valence-corrected chi connectivity index (χ2v) is 10.1. The number of nitrogens with zero attached hydrogens (tertiary/aromatic N) is 1. The van der Waals surface area contributed by atoms with Gasteiger partial charge in [0.15, 0.2) is 0 Å². The fourth-order valence-corrected chi connectivity index (χ4v) is 5.81. The van der Waals surface area contributed by atoms with Gasteiger partial charge in [-0.15, -0.1) is 11.3 Å². The number of thiophene rings is 1. The molecule has 2 nitrogen and oxygen atoms in total. The summed E-state index contributed by atoms with van der Waals surface area (Å²) in [4.78, 5) is 3.84. The highest BCUT2D eigenvalue weighted by molar-refractivity contribution is 9.10.